The lowest BCUT2D eigenvalue weighted by Crippen LogP contribution is -2.17. The minimum Gasteiger partial charge on any atom is -0.506 e. The number of rotatable bonds is 7. The number of ether oxygens (including phenoxy) is 2. The summed E-state index contributed by atoms with van der Waals surface area (Å²) in [6.07, 6.45) is 1.60. The van der Waals surface area contributed by atoms with Gasteiger partial charge in [-0.2, -0.15) is 5.26 Å². The van der Waals surface area contributed by atoms with E-state index in [-0.39, 0.29) is 41.2 Å². The van der Waals surface area contributed by atoms with Crippen LogP contribution >= 0.6 is 0 Å². The Morgan fingerprint density at radius 3 is 2.30 bits per heavy atom. The van der Waals surface area contributed by atoms with E-state index in [0.717, 1.165) is 12.8 Å². The Morgan fingerprint density at radius 2 is 1.70 bits per heavy atom. The molecule has 0 aliphatic rings. The van der Waals surface area contributed by atoms with Crippen molar-refractivity contribution in [2.24, 2.45) is 0 Å². The molecule has 0 saturated carbocycles. The number of esters is 2. The number of nitrogens with zero attached hydrogens (tertiary/aromatic N) is 2. The molecular formula is C23H24N2O5. The molecule has 30 heavy (non-hydrogen) atoms. The van der Waals surface area contributed by atoms with E-state index in [0.29, 0.717) is 22.8 Å². The van der Waals surface area contributed by atoms with Crippen LogP contribution in [-0.4, -0.2) is 34.8 Å². The third kappa shape index (κ3) is 3.35. The summed E-state index contributed by atoms with van der Waals surface area (Å²) in [6, 6.07) is 9.07. The van der Waals surface area contributed by atoms with Gasteiger partial charge in [0.15, 0.2) is 0 Å². The molecule has 0 aliphatic carbocycles. The molecule has 0 bridgehead atoms. The van der Waals surface area contributed by atoms with E-state index in [2.05, 4.69) is 0 Å². The van der Waals surface area contributed by atoms with Crippen molar-refractivity contribution >= 4 is 33.6 Å². The van der Waals surface area contributed by atoms with Crippen molar-refractivity contribution < 1.29 is 24.2 Å². The standard InChI is InChI=1S/C23H24N2O5/c1-4-7-12-25-19-14-10-8-9-11-15(14)21(26)16(13-24)17(19)18(22(27)29-5-2)20(25)23(28)30-6-3/h8-11,26H,4-7,12H2,1-3H3. The first kappa shape index (κ1) is 21.2. The third-order valence-electron chi connectivity index (χ3n) is 4.98. The van der Waals surface area contributed by atoms with Crippen molar-refractivity contribution in [3.8, 4) is 11.8 Å². The van der Waals surface area contributed by atoms with Crippen LogP contribution in [0.3, 0.4) is 0 Å². The van der Waals surface area contributed by atoms with Gasteiger partial charge in [0.2, 0.25) is 0 Å². The lowest BCUT2D eigenvalue weighted by Gasteiger charge is -2.12. The van der Waals surface area contributed by atoms with Gasteiger partial charge in [-0.25, -0.2) is 9.59 Å². The van der Waals surface area contributed by atoms with Gasteiger partial charge >= 0.3 is 11.9 Å². The number of benzene rings is 2. The molecule has 1 heterocycles. The third-order valence-corrected chi connectivity index (χ3v) is 4.98. The highest BCUT2D eigenvalue weighted by Gasteiger charge is 2.33. The number of fused-ring (bicyclic) bond motifs is 3. The van der Waals surface area contributed by atoms with Crippen molar-refractivity contribution in [1.82, 2.24) is 4.57 Å². The molecule has 1 N–H and O–H groups in total. The zero-order valence-electron chi connectivity index (χ0n) is 17.3. The van der Waals surface area contributed by atoms with Crippen LogP contribution in [-0.2, 0) is 16.0 Å². The predicted octanol–water partition coefficient (Wildman–Crippen LogP) is 4.53. The van der Waals surface area contributed by atoms with E-state index in [1.807, 2.05) is 13.0 Å². The van der Waals surface area contributed by atoms with Crippen LogP contribution in [0.5, 0.6) is 5.75 Å². The molecule has 0 radical (unpaired) electrons. The summed E-state index contributed by atoms with van der Waals surface area (Å²) >= 11 is 0. The lowest BCUT2D eigenvalue weighted by atomic mass is 9.98. The van der Waals surface area contributed by atoms with Gasteiger partial charge in [0.1, 0.15) is 28.6 Å². The van der Waals surface area contributed by atoms with E-state index < -0.39 is 11.9 Å². The van der Waals surface area contributed by atoms with Crippen LogP contribution in [0.2, 0.25) is 0 Å². The number of aryl methyl sites for hydroxylation is 1. The number of phenols is 1. The fraction of sp³-hybridized carbons (Fsp3) is 0.348. The van der Waals surface area contributed by atoms with E-state index in [9.17, 15) is 20.0 Å². The van der Waals surface area contributed by atoms with Crippen LogP contribution in [0.1, 0.15) is 60.0 Å². The molecule has 1 aromatic heterocycles. The lowest BCUT2D eigenvalue weighted by molar-refractivity contribution is 0.0472. The van der Waals surface area contributed by atoms with Crippen molar-refractivity contribution in [1.29, 1.82) is 5.26 Å². The first-order chi connectivity index (χ1) is 14.5. The maximum absolute atomic E-state index is 13.0. The summed E-state index contributed by atoms with van der Waals surface area (Å²) in [6.45, 7) is 6.05. The highest BCUT2D eigenvalue weighted by atomic mass is 16.5. The van der Waals surface area contributed by atoms with Gasteiger partial charge in [-0.15, -0.1) is 0 Å². The summed E-state index contributed by atoms with van der Waals surface area (Å²) in [5, 5.41) is 22.0. The molecule has 0 spiro atoms. The summed E-state index contributed by atoms with van der Waals surface area (Å²) in [7, 11) is 0. The molecular weight excluding hydrogens is 384 g/mol. The van der Waals surface area contributed by atoms with Crippen molar-refractivity contribution in [2.75, 3.05) is 13.2 Å². The molecule has 2 aromatic carbocycles. The van der Waals surface area contributed by atoms with E-state index in [1.165, 1.54) is 0 Å². The number of nitriles is 1. The summed E-state index contributed by atoms with van der Waals surface area (Å²) in [5.41, 5.74) is 0.483. The van der Waals surface area contributed by atoms with Crippen LogP contribution in [0, 0.1) is 11.3 Å². The number of hydrogen-bond acceptors (Lipinski definition) is 6. The van der Waals surface area contributed by atoms with Gasteiger partial charge < -0.3 is 19.1 Å². The van der Waals surface area contributed by atoms with Gasteiger partial charge in [-0.1, -0.05) is 37.6 Å². The molecule has 0 saturated heterocycles. The predicted molar refractivity (Wildman–Crippen MR) is 113 cm³/mol. The Bertz CT molecular complexity index is 1170. The number of aromatic nitrogens is 1. The highest BCUT2D eigenvalue weighted by Crippen LogP contribution is 2.41. The highest BCUT2D eigenvalue weighted by molar-refractivity contribution is 6.22. The number of aromatic hydroxyl groups is 1. The topological polar surface area (TPSA) is 102 Å². The van der Waals surface area contributed by atoms with Crippen LogP contribution < -0.4 is 0 Å². The maximum atomic E-state index is 13.0. The number of unbranched alkanes of at least 4 members (excludes halogenated alkanes) is 1. The SMILES string of the molecule is CCCCn1c(C(=O)OCC)c(C(=O)OCC)c2c(C#N)c(O)c3ccccc3c21. The molecule has 3 rings (SSSR count). The Hall–Kier alpha value is -3.53. The second kappa shape index (κ2) is 8.87. The zero-order valence-corrected chi connectivity index (χ0v) is 17.3. The number of carbonyl (C=O) groups is 2. The first-order valence-corrected chi connectivity index (χ1v) is 10.1. The van der Waals surface area contributed by atoms with Gasteiger partial charge in [-0.05, 0) is 20.3 Å². The molecule has 3 aromatic rings. The number of carbonyl (C=O) groups excluding carboxylic acids is 2. The molecule has 0 unspecified atom stereocenters. The van der Waals surface area contributed by atoms with Crippen molar-refractivity contribution in [3.05, 3.63) is 41.1 Å². The normalized spacial score (nSPS) is 10.9. The number of phenolic OH excluding ortho intramolecular Hbond substituents is 1. The Labute approximate surface area is 174 Å². The van der Waals surface area contributed by atoms with E-state index in [1.54, 1.807) is 42.7 Å². The molecule has 0 atom stereocenters. The Morgan fingerprint density at radius 1 is 1.07 bits per heavy atom. The first-order valence-electron chi connectivity index (χ1n) is 10.1. The fourth-order valence-corrected chi connectivity index (χ4v) is 3.75. The minimum atomic E-state index is -0.730. The molecule has 0 amide bonds. The second-order valence-electron chi connectivity index (χ2n) is 6.77. The average Bonchev–Trinajstić information content (AvgIpc) is 3.08. The maximum Gasteiger partial charge on any atom is 0.355 e. The van der Waals surface area contributed by atoms with Gasteiger partial charge in [0.25, 0.3) is 0 Å². The average molecular weight is 408 g/mol. The van der Waals surface area contributed by atoms with Crippen molar-refractivity contribution in [2.45, 2.75) is 40.2 Å². The summed E-state index contributed by atoms with van der Waals surface area (Å²) in [5.74, 6) is -1.62. The van der Waals surface area contributed by atoms with Crippen LogP contribution in [0.15, 0.2) is 24.3 Å². The molecule has 0 fully saturated rings. The smallest absolute Gasteiger partial charge is 0.355 e. The minimum absolute atomic E-state index is 0.0426. The summed E-state index contributed by atoms with van der Waals surface area (Å²) < 4.78 is 12.2. The summed E-state index contributed by atoms with van der Waals surface area (Å²) in [4.78, 5) is 25.9. The van der Waals surface area contributed by atoms with Crippen LogP contribution in [0.25, 0.3) is 21.7 Å². The molecule has 7 nitrogen and oxygen atoms in total. The van der Waals surface area contributed by atoms with Crippen molar-refractivity contribution in [3.63, 3.8) is 0 Å². The largest absolute Gasteiger partial charge is 0.506 e. The second-order valence-corrected chi connectivity index (χ2v) is 6.77. The monoisotopic (exact) mass is 408 g/mol. The molecule has 7 heteroatoms. The fourth-order valence-electron chi connectivity index (χ4n) is 3.75. The Kier molecular flexibility index (Phi) is 6.26. The number of hydrogen-bond donors (Lipinski definition) is 1. The van der Waals surface area contributed by atoms with Gasteiger partial charge in [-0.3, -0.25) is 0 Å². The van der Waals surface area contributed by atoms with Gasteiger partial charge in [0, 0.05) is 22.7 Å². The zero-order chi connectivity index (χ0) is 21.8. The molecule has 156 valence electrons. The molecule has 0 aliphatic heterocycles. The quantitative estimate of drug-likeness (QED) is 0.577. The Balaban J connectivity index is 2.60. The van der Waals surface area contributed by atoms with Crippen LogP contribution in [0.4, 0.5) is 0 Å². The van der Waals surface area contributed by atoms with E-state index >= 15 is 0 Å². The van der Waals surface area contributed by atoms with Gasteiger partial charge in [0.05, 0.1) is 18.7 Å². The van der Waals surface area contributed by atoms with E-state index in [4.69, 9.17) is 9.47 Å².